The van der Waals surface area contributed by atoms with Gasteiger partial charge in [-0.1, -0.05) is 17.7 Å². The zero-order valence-corrected chi connectivity index (χ0v) is 15.6. The van der Waals surface area contributed by atoms with Crippen molar-refractivity contribution in [2.75, 3.05) is 24.5 Å². The summed E-state index contributed by atoms with van der Waals surface area (Å²) >= 11 is 0. The second-order valence-corrected chi connectivity index (χ2v) is 7.13. The summed E-state index contributed by atoms with van der Waals surface area (Å²) in [5.41, 5.74) is 3.33. The number of H-pyrrole nitrogens is 1. The minimum atomic E-state index is -0.225. The topological polar surface area (TPSA) is 78.1 Å². The van der Waals surface area contributed by atoms with Crippen molar-refractivity contribution in [1.82, 2.24) is 15.3 Å². The molecule has 1 saturated heterocycles. The maximum absolute atomic E-state index is 12.2. The summed E-state index contributed by atoms with van der Waals surface area (Å²) in [5, 5.41) is 2.98. The molecule has 6 heteroatoms. The summed E-state index contributed by atoms with van der Waals surface area (Å²) in [7, 11) is 0. The first-order valence-electron chi connectivity index (χ1n) is 9.07. The van der Waals surface area contributed by atoms with E-state index < -0.39 is 0 Å². The second-order valence-electron chi connectivity index (χ2n) is 7.13. The number of aryl methyl sites for hydroxylation is 3. The molecule has 2 N–H and O–H groups in total. The molecule has 0 bridgehead atoms. The fourth-order valence-corrected chi connectivity index (χ4v) is 3.43. The number of nitrogens with one attached hydrogen (secondary N) is 2. The van der Waals surface area contributed by atoms with Gasteiger partial charge in [-0.15, -0.1) is 0 Å². The Bertz CT molecular complexity index is 842. The maximum atomic E-state index is 12.2. The number of aromatic nitrogens is 2. The van der Waals surface area contributed by atoms with Gasteiger partial charge < -0.3 is 15.2 Å². The Balaban J connectivity index is 1.51. The van der Waals surface area contributed by atoms with Crippen LogP contribution >= 0.6 is 0 Å². The normalized spacial score (nSPS) is 16.7. The van der Waals surface area contributed by atoms with Crippen LogP contribution in [0.4, 0.5) is 5.69 Å². The standard InChI is InChI=1S/C20H26N4O2/c1-13-4-6-17(7-5-13)24-9-8-16(12-24)11-21-19(25)10-18-14(2)22-15(3)23-20(18)26/h4-7,16H,8-12H2,1-3H3,(H,21,25)(H,22,23,26)/t16-/m1/s1. The Hall–Kier alpha value is -2.63. The van der Waals surface area contributed by atoms with Crippen molar-refractivity contribution in [3.63, 3.8) is 0 Å². The molecule has 1 aliphatic heterocycles. The van der Waals surface area contributed by atoms with Crippen LogP contribution in [0.2, 0.25) is 0 Å². The fraction of sp³-hybridized carbons (Fsp3) is 0.450. The molecule has 1 atom stereocenters. The quantitative estimate of drug-likeness (QED) is 0.859. The Kier molecular flexibility index (Phi) is 5.40. The van der Waals surface area contributed by atoms with Crippen LogP contribution in [0.15, 0.2) is 29.1 Å². The highest BCUT2D eigenvalue weighted by molar-refractivity contribution is 5.78. The molecule has 0 radical (unpaired) electrons. The van der Waals surface area contributed by atoms with Crippen molar-refractivity contribution in [2.45, 2.75) is 33.6 Å². The van der Waals surface area contributed by atoms with Crippen molar-refractivity contribution >= 4 is 11.6 Å². The van der Waals surface area contributed by atoms with Gasteiger partial charge in [-0.2, -0.15) is 0 Å². The lowest BCUT2D eigenvalue weighted by atomic mass is 10.1. The lowest BCUT2D eigenvalue weighted by molar-refractivity contribution is -0.120. The molecule has 26 heavy (non-hydrogen) atoms. The van der Waals surface area contributed by atoms with Crippen LogP contribution in [0, 0.1) is 26.7 Å². The fourth-order valence-electron chi connectivity index (χ4n) is 3.43. The molecule has 138 valence electrons. The van der Waals surface area contributed by atoms with E-state index >= 15 is 0 Å². The van der Waals surface area contributed by atoms with Gasteiger partial charge >= 0.3 is 0 Å². The number of anilines is 1. The highest BCUT2D eigenvalue weighted by Gasteiger charge is 2.23. The summed E-state index contributed by atoms with van der Waals surface area (Å²) < 4.78 is 0. The van der Waals surface area contributed by atoms with Gasteiger partial charge in [-0.25, -0.2) is 4.98 Å². The first kappa shape index (κ1) is 18.2. The minimum absolute atomic E-state index is 0.0723. The predicted molar refractivity (Wildman–Crippen MR) is 103 cm³/mol. The molecular formula is C20H26N4O2. The third-order valence-corrected chi connectivity index (χ3v) is 4.95. The SMILES string of the molecule is Cc1ccc(N2CC[C@H](CNC(=O)Cc3c(C)nc(C)[nH]c3=O)C2)cc1. The molecule has 0 aliphatic carbocycles. The number of hydrogen-bond acceptors (Lipinski definition) is 4. The maximum Gasteiger partial charge on any atom is 0.254 e. The van der Waals surface area contributed by atoms with E-state index in [1.54, 1.807) is 13.8 Å². The van der Waals surface area contributed by atoms with Gasteiger partial charge in [0.2, 0.25) is 5.91 Å². The molecule has 1 aliphatic rings. The van der Waals surface area contributed by atoms with Crippen molar-refractivity contribution in [2.24, 2.45) is 5.92 Å². The molecule has 1 aromatic heterocycles. The largest absolute Gasteiger partial charge is 0.371 e. The third-order valence-electron chi connectivity index (χ3n) is 4.95. The lowest BCUT2D eigenvalue weighted by Gasteiger charge is -2.19. The van der Waals surface area contributed by atoms with Gasteiger partial charge in [0, 0.05) is 36.6 Å². The Morgan fingerprint density at radius 2 is 2.00 bits per heavy atom. The Labute approximate surface area is 153 Å². The van der Waals surface area contributed by atoms with E-state index in [0.29, 0.717) is 29.5 Å². The first-order valence-corrected chi connectivity index (χ1v) is 9.07. The summed E-state index contributed by atoms with van der Waals surface area (Å²) in [4.78, 5) is 33.5. The highest BCUT2D eigenvalue weighted by Crippen LogP contribution is 2.23. The number of carbonyl (C=O) groups is 1. The number of rotatable bonds is 5. The van der Waals surface area contributed by atoms with Gasteiger partial charge in [0.25, 0.3) is 5.56 Å². The molecule has 1 aromatic carbocycles. The summed E-state index contributed by atoms with van der Waals surface area (Å²) in [6, 6.07) is 8.55. The van der Waals surface area contributed by atoms with Crippen LogP contribution in [-0.2, 0) is 11.2 Å². The van der Waals surface area contributed by atoms with Crippen LogP contribution in [0.5, 0.6) is 0 Å². The van der Waals surface area contributed by atoms with E-state index in [1.165, 1.54) is 11.3 Å². The number of hydrogen-bond donors (Lipinski definition) is 2. The van der Waals surface area contributed by atoms with Crippen LogP contribution in [0.1, 0.15) is 29.1 Å². The van der Waals surface area contributed by atoms with Crippen LogP contribution in [0.25, 0.3) is 0 Å². The van der Waals surface area contributed by atoms with Gasteiger partial charge in [0.05, 0.1) is 6.42 Å². The second kappa shape index (κ2) is 7.72. The van der Waals surface area contributed by atoms with Gasteiger partial charge in [0.15, 0.2) is 0 Å². The van der Waals surface area contributed by atoms with E-state index in [4.69, 9.17) is 0 Å². The van der Waals surface area contributed by atoms with Gasteiger partial charge in [-0.05, 0) is 45.2 Å². The van der Waals surface area contributed by atoms with E-state index in [2.05, 4.69) is 51.4 Å². The number of benzene rings is 1. The Morgan fingerprint density at radius 3 is 2.69 bits per heavy atom. The van der Waals surface area contributed by atoms with E-state index in [0.717, 1.165) is 19.5 Å². The molecular weight excluding hydrogens is 328 g/mol. The monoisotopic (exact) mass is 354 g/mol. The van der Waals surface area contributed by atoms with Gasteiger partial charge in [0.1, 0.15) is 5.82 Å². The summed E-state index contributed by atoms with van der Waals surface area (Å²) in [5.74, 6) is 0.868. The molecule has 0 saturated carbocycles. The third kappa shape index (κ3) is 4.31. The molecule has 0 unspecified atom stereocenters. The average Bonchev–Trinajstić information content (AvgIpc) is 3.06. The zero-order valence-electron chi connectivity index (χ0n) is 15.6. The van der Waals surface area contributed by atoms with E-state index in [1.807, 2.05) is 0 Å². The van der Waals surface area contributed by atoms with Crippen molar-refractivity contribution in [3.05, 3.63) is 57.3 Å². The Morgan fingerprint density at radius 1 is 1.27 bits per heavy atom. The highest BCUT2D eigenvalue weighted by atomic mass is 16.2. The van der Waals surface area contributed by atoms with Crippen LogP contribution < -0.4 is 15.8 Å². The zero-order chi connectivity index (χ0) is 18.7. The van der Waals surface area contributed by atoms with Crippen molar-refractivity contribution in [1.29, 1.82) is 0 Å². The van der Waals surface area contributed by atoms with Crippen LogP contribution in [0.3, 0.4) is 0 Å². The van der Waals surface area contributed by atoms with Crippen LogP contribution in [-0.4, -0.2) is 35.5 Å². The van der Waals surface area contributed by atoms with Crippen molar-refractivity contribution < 1.29 is 4.79 Å². The molecule has 6 nitrogen and oxygen atoms in total. The van der Waals surface area contributed by atoms with E-state index in [-0.39, 0.29) is 17.9 Å². The average molecular weight is 354 g/mol. The van der Waals surface area contributed by atoms with Gasteiger partial charge in [-0.3, -0.25) is 9.59 Å². The number of amides is 1. The summed E-state index contributed by atoms with van der Waals surface area (Å²) in [6.07, 6.45) is 1.13. The number of nitrogens with zero attached hydrogens (tertiary/aromatic N) is 2. The molecule has 3 rings (SSSR count). The molecule has 1 fully saturated rings. The first-order chi connectivity index (χ1) is 12.4. The lowest BCUT2D eigenvalue weighted by Crippen LogP contribution is -2.33. The molecule has 2 heterocycles. The summed E-state index contributed by atoms with van der Waals surface area (Å²) in [6.45, 7) is 8.17. The number of aromatic amines is 1. The predicted octanol–water partition coefficient (Wildman–Crippen LogP) is 1.88. The smallest absolute Gasteiger partial charge is 0.254 e. The van der Waals surface area contributed by atoms with E-state index in [9.17, 15) is 9.59 Å². The molecule has 1 amide bonds. The molecule has 2 aromatic rings. The molecule has 0 spiro atoms. The number of carbonyl (C=O) groups excluding carboxylic acids is 1. The minimum Gasteiger partial charge on any atom is -0.371 e. The van der Waals surface area contributed by atoms with Crippen molar-refractivity contribution in [3.8, 4) is 0 Å².